The number of piperidine rings is 1. The first-order valence-corrected chi connectivity index (χ1v) is 13.2. The number of fused-ring (bicyclic) bond motifs is 1. The van der Waals surface area contributed by atoms with E-state index in [9.17, 15) is 14.0 Å². The summed E-state index contributed by atoms with van der Waals surface area (Å²) in [5.41, 5.74) is 3.58. The summed E-state index contributed by atoms with van der Waals surface area (Å²) < 4.78 is 24.2. The Hall–Kier alpha value is -3.71. The number of halogens is 1. The number of carbonyl (C=O) groups is 2. The molecule has 0 radical (unpaired) electrons. The fourth-order valence-electron chi connectivity index (χ4n) is 5.57. The van der Waals surface area contributed by atoms with E-state index >= 15 is 0 Å². The minimum atomic E-state index is -0.570. The van der Waals surface area contributed by atoms with Crippen molar-refractivity contribution in [1.82, 2.24) is 10.2 Å². The van der Waals surface area contributed by atoms with Gasteiger partial charge in [-0.15, -0.1) is 0 Å². The van der Waals surface area contributed by atoms with E-state index in [1.807, 2.05) is 36.4 Å². The molecule has 1 saturated heterocycles. The van der Waals surface area contributed by atoms with Crippen molar-refractivity contribution in [3.63, 3.8) is 0 Å². The molecular weight excluding hydrogens is 483 g/mol. The molecule has 1 N–H and O–H groups in total. The van der Waals surface area contributed by atoms with Crippen LogP contribution in [0, 0.1) is 17.7 Å². The molecule has 3 aromatic rings. The van der Waals surface area contributed by atoms with Crippen LogP contribution in [0.25, 0.3) is 0 Å². The van der Waals surface area contributed by atoms with E-state index in [0.717, 1.165) is 67.8 Å². The Morgan fingerprint density at radius 2 is 1.79 bits per heavy atom. The number of rotatable bonds is 8. The molecule has 5 rings (SSSR count). The van der Waals surface area contributed by atoms with Crippen molar-refractivity contribution in [2.45, 2.75) is 38.8 Å². The first kappa shape index (κ1) is 25.9. The summed E-state index contributed by atoms with van der Waals surface area (Å²) in [7, 11) is 1.60. The third-order valence-corrected chi connectivity index (χ3v) is 7.59. The van der Waals surface area contributed by atoms with Crippen molar-refractivity contribution in [2.24, 2.45) is 11.8 Å². The van der Waals surface area contributed by atoms with Crippen molar-refractivity contribution < 1.29 is 23.5 Å². The fourth-order valence-corrected chi connectivity index (χ4v) is 5.57. The number of Topliss-reactive ketones (excluding diaryl/α,β-unsaturated/α-hetero) is 1. The third kappa shape index (κ3) is 6.40. The molecule has 1 heterocycles. The van der Waals surface area contributed by atoms with E-state index in [-0.39, 0.29) is 17.5 Å². The minimum Gasteiger partial charge on any atom is -0.497 e. The maximum atomic E-state index is 13.5. The van der Waals surface area contributed by atoms with Gasteiger partial charge < -0.3 is 14.8 Å². The molecule has 0 bridgehead atoms. The minimum absolute atomic E-state index is 0.0260. The van der Waals surface area contributed by atoms with Crippen LogP contribution in [0.5, 0.6) is 11.5 Å². The van der Waals surface area contributed by atoms with E-state index in [1.165, 1.54) is 6.07 Å². The van der Waals surface area contributed by atoms with Gasteiger partial charge in [-0.1, -0.05) is 30.3 Å². The summed E-state index contributed by atoms with van der Waals surface area (Å²) in [6.07, 6.45) is 3.12. The number of methoxy groups -OCH3 is 1. The lowest BCUT2D eigenvalue weighted by atomic mass is 9.85. The van der Waals surface area contributed by atoms with Gasteiger partial charge in [-0.05, 0) is 97.8 Å². The van der Waals surface area contributed by atoms with Gasteiger partial charge in [0, 0.05) is 24.6 Å². The highest BCUT2D eigenvalue weighted by Gasteiger charge is 2.33. The van der Waals surface area contributed by atoms with Gasteiger partial charge in [-0.25, -0.2) is 9.18 Å². The first-order chi connectivity index (χ1) is 18.5. The number of benzene rings is 3. The maximum Gasteiger partial charge on any atom is 0.412 e. The average molecular weight is 517 g/mol. The van der Waals surface area contributed by atoms with Crippen molar-refractivity contribution in [3.05, 3.63) is 94.8 Å². The molecule has 0 saturated carbocycles. The predicted octanol–water partition coefficient (Wildman–Crippen LogP) is 5.78. The SMILES string of the molecule is COc1cccc(CNC(=O)Oc2ccc3c(c2)C(=O)C(CC2CCN(Cc4cccc(F)c4)CC2)C3)c1. The topological polar surface area (TPSA) is 67.9 Å². The van der Waals surface area contributed by atoms with Crippen LogP contribution in [0.1, 0.15) is 46.3 Å². The van der Waals surface area contributed by atoms with Crippen LogP contribution in [0.2, 0.25) is 0 Å². The summed E-state index contributed by atoms with van der Waals surface area (Å²) in [5, 5.41) is 2.74. The van der Waals surface area contributed by atoms with E-state index < -0.39 is 6.09 Å². The average Bonchev–Trinajstić information content (AvgIpc) is 3.23. The van der Waals surface area contributed by atoms with Gasteiger partial charge in [0.1, 0.15) is 17.3 Å². The smallest absolute Gasteiger partial charge is 0.412 e. The Balaban J connectivity index is 1.10. The van der Waals surface area contributed by atoms with Crippen LogP contribution >= 0.6 is 0 Å². The summed E-state index contributed by atoms with van der Waals surface area (Å²) >= 11 is 0. The van der Waals surface area contributed by atoms with Gasteiger partial charge in [0.2, 0.25) is 0 Å². The summed E-state index contributed by atoms with van der Waals surface area (Å²) in [6.45, 7) is 2.98. The molecule has 1 aliphatic heterocycles. The summed E-state index contributed by atoms with van der Waals surface area (Å²) in [6, 6.07) is 19.6. The molecule has 2 aliphatic rings. The van der Waals surface area contributed by atoms with Gasteiger partial charge in [-0.3, -0.25) is 9.69 Å². The lowest BCUT2D eigenvalue weighted by molar-refractivity contribution is 0.0895. The molecule has 198 valence electrons. The Bertz CT molecular complexity index is 1300. The Morgan fingerprint density at radius 3 is 2.58 bits per heavy atom. The number of ether oxygens (including phenoxy) is 2. The molecule has 1 aliphatic carbocycles. The molecule has 1 atom stereocenters. The quantitative estimate of drug-likeness (QED) is 0.411. The van der Waals surface area contributed by atoms with Gasteiger partial charge >= 0.3 is 6.09 Å². The molecule has 3 aromatic carbocycles. The number of ketones is 1. The number of likely N-dealkylation sites (tertiary alicyclic amines) is 1. The van der Waals surface area contributed by atoms with Crippen molar-refractivity contribution in [3.8, 4) is 11.5 Å². The summed E-state index contributed by atoms with van der Waals surface area (Å²) in [4.78, 5) is 27.9. The molecule has 0 aromatic heterocycles. The first-order valence-electron chi connectivity index (χ1n) is 13.2. The van der Waals surface area contributed by atoms with Gasteiger partial charge in [-0.2, -0.15) is 0 Å². The molecule has 1 amide bonds. The maximum absolute atomic E-state index is 13.5. The number of hydrogen-bond donors (Lipinski definition) is 1. The number of amides is 1. The van der Waals surface area contributed by atoms with E-state index in [2.05, 4.69) is 10.2 Å². The van der Waals surface area contributed by atoms with Crippen LogP contribution in [0.3, 0.4) is 0 Å². The molecule has 7 heteroatoms. The Kier molecular flexibility index (Phi) is 8.03. The lowest BCUT2D eigenvalue weighted by Gasteiger charge is -2.33. The molecular formula is C31H33FN2O4. The molecule has 1 fully saturated rings. The van der Waals surface area contributed by atoms with E-state index in [0.29, 0.717) is 23.8 Å². The fraction of sp³-hybridized carbons (Fsp3) is 0.355. The molecule has 1 unspecified atom stereocenters. The highest BCUT2D eigenvalue weighted by Crippen LogP contribution is 2.35. The van der Waals surface area contributed by atoms with Gasteiger partial charge in [0.15, 0.2) is 5.78 Å². The summed E-state index contributed by atoms with van der Waals surface area (Å²) in [5.74, 6) is 1.51. The molecule has 6 nitrogen and oxygen atoms in total. The second kappa shape index (κ2) is 11.8. The van der Waals surface area contributed by atoms with Crippen LogP contribution in [-0.2, 0) is 19.5 Å². The van der Waals surface area contributed by atoms with E-state index in [4.69, 9.17) is 9.47 Å². The second-order valence-electron chi connectivity index (χ2n) is 10.3. The number of nitrogens with one attached hydrogen (secondary N) is 1. The van der Waals surface area contributed by atoms with Gasteiger partial charge in [0.25, 0.3) is 0 Å². The third-order valence-electron chi connectivity index (χ3n) is 7.59. The van der Waals surface area contributed by atoms with Crippen molar-refractivity contribution in [2.75, 3.05) is 20.2 Å². The normalized spacial score (nSPS) is 17.7. The zero-order chi connectivity index (χ0) is 26.5. The van der Waals surface area contributed by atoms with Crippen LogP contribution < -0.4 is 14.8 Å². The zero-order valence-electron chi connectivity index (χ0n) is 21.6. The highest BCUT2D eigenvalue weighted by molar-refractivity contribution is 6.02. The van der Waals surface area contributed by atoms with Crippen molar-refractivity contribution in [1.29, 1.82) is 0 Å². The van der Waals surface area contributed by atoms with Crippen LogP contribution in [0.15, 0.2) is 66.7 Å². The Morgan fingerprint density at radius 1 is 1.00 bits per heavy atom. The monoisotopic (exact) mass is 516 g/mol. The standard InChI is InChI=1S/C31H33FN2O4/c1-37-27-7-3-4-22(16-27)19-33-31(36)38-28-9-8-24-17-25(30(35)29(24)18-28)14-21-10-12-34(13-11-21)20-23-5-2-6-26(32)15-23/h2-9,15-16,18,21,25H,10-14,17,19-20H2,1H3,(H,33,36). The number of hydrogen-bond acceptors (Lipinski definition) is 5. The second-order valence-corrected chi connectivity index (χ2v) is 10.3. The van der Waals surface area contributed by atoms with Gasteiger partial charge in [0.05, 0.1) is 7.11 Å². The predicted molar refractivity (Wildman–Crippen MR) is 143 cm³/mol. The molecule has 0 spiro atoms. The Labute approximate surface area is 222 Å². The zero-order valence-corrected chi connectivity index (χ0v) is 21.6. The number of carbonyl (C=O) groups excluding carboxylic acids is 2. The number of nitrogens with zero attached hydrogens (tertiary/aromatic N) is 1. The van der Waals surface area contributed by atoms with Crippen molar-refractivity contribution >= 4 is 11.9 Å². The van der Waals surface area contributed by atoms with Crippen LogP contribution in [0.4, 0.5) is 9.18 Å². The largest absolute Gasteiger partial charge is 0.497 e. The van der Waals surface area contributed by atoms with E-state index in [1.54, 1.807) is 31.4 Å². The molecule has 38 heavy (non-hydrogen) atoms. The lowest BCUT2D eigenvalue weighted by Crippen LogP contribution is -2.34. The highest BCUT2D eigenvalue weighted by atomic mass is 19.1. The van der Waals surface area contributed by atoms with Crippen LogP contribution in [-0.4, -0.2) is 37.0 Å².